The number of ether oxygens (including phenoxy) is 2. The van der Waals surface area contributed by atoms with E-state index in [9.17, 15) is 22.8 Å². The van der Waals surface area contributed by atoms with Gasteiger partial charge in [0.1, 0.15) is 40.6 Å². The lowest BCUT2D eigenvalue weighted by Gasteiger charge is -2.24. The molecule has 3 heterocycles. The minimum atomic E-state index is -2.88. The van der Waals surface area contributed by atoms with Gasteiger partial charge >= 0.3 is 6.55 Å². The first-order valence-corrected chi connectivity index (χ1v) is 14.5. The third kappa shape index (κ3) is 5.31. The van der Waals surface area contributed by atoms with Crippen molar-refractivity contribution in [3.05, 3.63) is 69.0 Å². The molecule has 15 heteroatoms. The van der Waals surface area contributed by atoms with Crippen molar-refractivity contribution < 1.29 is 36.6 Å². The van der Waals surface area contributed by atoms with E-state index in [1.807, 2.05) is 0 Å². The van der Waals surface area contributed by atoms with Crippen molar-refractivity contribution in [1.29, 1.82) is 0 Å². The van der Waals surface area contributed by atoms with Gasteiger partial charge in [-0.1, -0.05) is 23.2 Å². The van der Waals surface area contributed by atoms with Gasteiger partial charge in [-0.25, -0.2) is 18.4 Å². The van der Waals surface area contributed by atoms with Crippen LogP contribution in [0.1, 0.15) is 53.8 Å². The molecule has 0 spiro atoms. The molecule has 0 bridgehead atoms. The number of nitrogens with one attached hydrogen (secondary N) is 1. The lowest BCUT2D eigenvalue weighted by molar-refractivity contribution is -0.123. The highest BCUT2D eigenvalue weighted by molar-refractivity contribution is 6.33. The highest BCUT2D eigenvalue weighted by Crippen LogP contribution is 2.52. The number of hydrogen-bond donors (Lipinski definition) is 2. The SMILES string of the molecule is COc1cc(C(=O)NC[C@H](c2nc(-c3cc(Cl)c(F)cc3F)c3c(c2Cl)[C@@](C)(C(N)=O)CO3)C2CC2)cc2cn(C(F)F)nc12. The van der Waals surface area contributed by atoms with Crippen molar-refractivity contribution in [2.45, 2.75) is 37.6 Å². The molecule has 0 saturated heterocycles. The van der Waals surface area contributed by atoms with Crippen LogP contribution in [0.5, 0.6) is 11.5 Å². The van der Waals surface area contributed by atoms with Crippen LogP contribution in [0, 0.1) is 17.6 Å². The number of amides is 2. The maximum absolute atomic E-state index is 15.2. The molecule has 0 unspecified atom stereocenters. The number of hydrogen-bond acceptors (Lipinski definition) is 6. The summed E-state index contributed by atoms with van der Waals surface area (Å²) in [6.07, 6.45) is 2.66. The molecule has 236 valence electrons. The van der Waals surface area contributed by atoms with Crippen LogP contribution in [0.3, 0.4) is 0 Å². The summed E-state index contributed by atoms with van der Waals surface area (Å²) >= 11 is 12.9. The molecule has 1 aliphatic carbocycles. The van der Waals surface area contributed by atoms with E-state index < -0.39 is 41.3 Å². The van der Waals surface area contributed by atoms with Gasteiger partial charge in [-0.05, 0) is 43.9 Å². The molecule has 1 saturated carbocycles. The van der Waals surface area contributed by atoms with Gasteiger partial charge in [0, 0.05) is 46.8 Å². The van der Waals surface area contributed by atoms with E-state index in [2.05, 4.69) is 15.4 Å². The number of aromatic nitrogens is 3. The molecule has 6 rings (SSSR count). The second kappa shape index (κ2) is 11.4. The van der Waals surface area contributed by atoms with Crippen molar-refractivity contribution in [1.82, 2.24) is 20.1 Å². The third-order valence-corrected chi connectivity index (χ3v) is 8.96. The summed E-state index contributed by atoms with van der Waals surface area (Å²) in [6, 6.07) is 4.50. The zero-order valence-electron chi connectivity index (χ0n) is 23.8. The van der Waals surface area contributed by atoms with Crippen LogP contribution in [-0.4, -0.2) is 46.8 Å². The number of nitrogens with zero attached hydrogens (tertiary/aromatic N) is 3. The largest absolute Gasteiger partial charge is 0.494 e. The van der Waals surface area contributed by atoms with Gasteiger partial charge in [-0.15, -0.1) is 0 Å². The van der Waals surface area contributed by atoms with E-state index in [4.69, 9.17) is 38.4 Å². The number of rotatable bonds is 9. The van der Waals surface area contributed by atoms with E-state index in [1.165, 1.54) is 19.2 Å². The maximum atomic E-state index is 15.2. The molecule has 3 N–H and O–H groups in total. The topological polar surface area (TPSA) is 121 Å². The molecular formula is C30H25Cl2F4N5O4. The van der Waals surface area contributed by atoms with E-state index in [0.717, 1.165) is 25.1 Å². The number of primary amides is 1. The van der Waals surface area contributed by atoms with E-state index >= 15 is 4.39 Å². The smallest absolute Gasteiger partial charge is 0.333 e. The minimum absolute atomic E-state index is 0.0197. The zero-order valence-corrected chi connectivity index (χ0v) is 25.3. The van der Waals surface area contributed by atoms with E-state index in [1.54, 1.807) is 6.92 Å². The molecule has 45 heavy (non-hydrogen) atoms. The number of pyridine rings is 1. The first kappa shape index (κ1) is 30.9. The minimum Gasteiger partial charge on any atom is -0.494 e. The Balaban J connectivity index is 1.40. The quantitative estimate of drug-likeness (QED) is 0.164. The average Bonchev–Trinajstić information content (AvgIpc) is 3.63. The Kier molecular flexibility index (Phi) is 7.80. The van der Waals surface area contributed by atoms with E-state index in [0.29, 0.717) is 10.7 Å². The van der Waals surface area contributed by atoms with Crippen molar-refractivity contribution >= 4 is 45.9 Å². The second-order valence-electron chi connectivity index (χ2n) is 11.3. The van der Waals surface area contributed by atoms with Crippen molar-refractivity contribution in [3.8, 4) is 22.8 Å². The molecule has 2 aromatic carbocycles. The Morgan fingerprint density at radius 2 is 1.93 bits per heavy atom. The fourth-order valence-corrected chi connectivity index (χ4v) is 6.25. The van der Waals surface area contributed by atoms with Crippen LogP contribution in [0.25, 0.3) is 22.2 Å². The monoisotopic (exact) mass is 665 g/mol. The molecule has 2 aromatic heterocycles. The summed E-state index contributed by atoms with van der Waals surface area (Å²) in [4.78, 5) is 30.7. The highest BCUT2D eigenvalue weighted by atomic mass is 35.5. The predicted octanol–water partition coefficient (Wildman–Crippen LogP) is 6.15. The number of carbonyl (C=O) groups is 2. The maximum Gasteiger partial charge on any atom is 0.333 e. The molecule has 4 aromatic rings. The molecule has 2 aliphatic rings. The standard InChI is InChI=1S/C30H25Cl2F4N5O4/c1-30(28(37)43)11-45-26-21(30)22(32)24(39-25(26)15-7-17(31)19(34)8-18(15)33)16(12-3-4-12)9-38-27(42)13-5-14-10-41(29(35)36)40-23(14)20(6-13)44-2/h5-8,10,12,16,29H,3-4,9,11H2,1-2H3,(H2,37,43)(H,38,42)/t16-,30-/m0/s1. The van der Waals surface area contributed by atoms with Crippen LogP contribution in [0.15, 0.2) is 30.5 Å². The Bertz CT molecular complexity index is 1880. The van der Waals surface area contributed by atoms with Crippen LogP contribution >= 0.6 is 23.2 Å². The number of benzene rings is 2. The van der Waals surface area contributed by atoms with Crippen molar-refractivity contribution in [2.24, 2.45) is 11.7 Å². The van der Waals surface area contributed by atoms with Crippen LogP contribution in [0.4, 0.5) is 17.6 Å². The summed E-state index contributed by atoms with van der Waals surface area (Å²) < 4.78 is 67.3. The number of methoxy groups -OCH3 is 1. The summed E-state index contributed by atoms with van der Waals surface area (Å²) in [7, 11) is 1.33. The summed E-state index contributed by atoms with van der Waals surface area (Å²) in [5.74, 6) is -3.54. The molecule has 2 amide bonds. The Morgan fingerprint density at radius 3 is 2.58 bits per heavy atom. The van der Waals surface area contributed by atoms with Gasteiger partial charge in [0.15, 0.2) is 5.75 Å². The van der Waals surface area contributed by atoms with Gasteiger partial charge in [0.25, 0.3) is 5.91 Å². The Morgan fingerprint density at radius 1 is 1.20 bits per heavy atom. The molecular weight excluding hydrogens is 641 g/mol. The molecule has 1 aliphatic heterocycles. The summed E-state index contributed by atoms with van der Waals surface area (Å²) in [5, 5.41) is 6.68. The van der Waals surface area contributed by atoms with Gasteiger partial charge < -0.3 is 20.5 Å². The first-order valence-electron chi connectivity index (χ1n) is 13.8. The van der Waals surface area contributed by atoms with E-state index in [-0.39, 0.29) is 79.6 Å². The zero-order chi connectivity index (χ0) is 32.4. The van der Waals surface area contributed by atoms with Gasteiger partial charge in [-0.2, -0.15) is 13.9 Å². The Hall–Kier alpha value is -4.10. The Labute approximate surface area is 263 Å². The molecule has 0 radical (unpaired) electrons. The van der Waals surface area contributed by atoms with Gasteiger partial charge in [-0.3, -0.25) is 9.59 Å². The lowest BCUT2D eigenvalue weighted by atomic mass is 9.81. The normalized spacial score (nSPS) is 18.2. The van der Waals surface area contributed by atoms with Crippen molar-refractivity contribution in [2.75, 3.05) is 20.3 Å². The summed E-state index contributed by atoms with van der Waals surface area (Å²) in [6.45, 7) is -1.51. The van der Waals surface area contributed by atoms with Crippen LogP contribution in [-0.2, 0) is 10.2 Å². The fraction of sp³-hybridized carbons (Fsp3) is 0.333. The fourth-order valence-electron chi connectivity index (χ4n) is 5.61. The highest BCUT2D eigenvalue weighted by Gasteiger charge is 2.48. The van der Waals surface area contributed by atoms with Gasteiger partial charge in [0.2, 0.25) is 5.91 Å². The second-order valence-corrected chi connectivity index (χ2v) is 12.0. The van der Waals surface area contributed by atoms with Gasteiger partial charge in [0.05, 0.1) is 22.8 Å². The molecule has 9 nitrogen and oxygen atoms in total. The number of halogens is 6. The third-order valence-electron chi connectivity index (χ3n) is 8.28. The number of fused-ring (bicyclic) bond motifs is 2. The number of nitrogens with two attached hydrogens (primary N) is 1. The number of carbonyl (C=O) groups excluding carboxylic acids is 2. The number of alkyl halides is 2. The molecule has 2 atom stereocenters. The van der Waals surface area contributed by atoms with Crippen molar-refractivity contribution in [3.63, 3.8) is 0 Å². The predicted molar refractivity (Wildman–Crippen MR) is 157 cm³/mol. The van der Waals surface area contributed by atoms with Crippen LogP contribution in [0.2, 0.25) is 10.0 Å². The van der Waals surface area contributed by atoms with Crippen LogP contribution < -0.4 is 20.5 Å². The lowest BCUT2D eigenvalue weighted by Crippen LogP contribution is -2.40. The first-order chi connectivity index (χ1) is 21.3. The summed E-state index contributed by atoms with van der Waals surface area (Å²) in [5.41, 5.74) is 4.92. The average molecular weight is 666 g/mol. The molecule has 1 fully saturated rings.